The number of alkyl halides is 3. The minimum atomic E-state index is -4.36. The van der Waals surface area contributed by atoms with Crippen molar-refractivity contribution in [3.63, 3.8) is 0 Å². The molecule has 0 fully saturated rings. The molecule has 0 spiro atoms. The van der Waals surface area contributed by atoms with Gasteiger partial charge in [0.05, 0.1) is 11.3 Å². The molecule has 2 heterocycles. The molecule has 0 saturated heterocycles. The maximum Gasteiger partial charge on any atom is 0.416 e. The molecule has 0 aliphatic carbocycles. The number of carboxylic acid groups (broad SMARTS) is 1. The summed E-state index contributed by atoms with van der Waals surface area (Å²) in [4.78, 5) is 14.9. The molecule has 216 valence electrons. The molecule has 0 unspecified atom stereocenters. The highest BCUT2D eigenvalue weighted by Crippen LogP contribution is 2.29. The fourth-order valence-electron chi connectivity index (χ4n) is 4.07. The maximum atomic E-state index is 12.7. The summed E-state index contributed by atoms with van der Waals surface area (Å²) < 4.78 is 51.1. The summed E-state index contributed by atoms with van der Waals surface area (Å²) in [6.45, 7) is 0.999. The lowest BCUT2D eigenvalue weighted by Crippen LogP contribution is -2.03. The average Bonchev–Trinajstić information content (AvgIpc) is 3.61. The molecule has 0 bridgehead atoms. The third kappa shape index (κ3) is 9.93. The van der Waals surface area contributed by atoms with Gasteiger partial charge in [-0.05, 0) is 80.0 Å². The Hall–Kier alpha value is -4.41. The topological polar surface area (TPSA) is 103 Å². The van der Waals surface area contributed by atoms with E-state index in [1.54, 1.807) is 12.2 Å². The molecule has 4 rings (SSSR count). The molecule has 0 saturated carbocycles. The van der Waals surface area contributed by atoms with E-state index in [0.717, 1.165) is 56.5 Å². The maximum absolute atomic E-state index is 12.7. The lowest BCUT2D eigenvalue weighted by Gasteiger charge is -2.06. The molecular formula is C30H31F3N4O4. The first-order valence-electron chi connectivity index (χ1n) is 13.4. The van der Waals surface area contributed by atoms with Crippen molar-refractivity contribution >= 4 is 18.1 Å². The summed E-state index contributed by atoms with van der Waals surface area (Å²) in [6.07, 6.45) is 7.51. The number of halogens is 3. The Morgan fingerprint density at radius 3 is 2.44 bits per heavy atom. The Kier molecular flexibility index (Phi) is 10.3. The average molecular weight is 569 g/mol. The van der Waals surface area contributed by atoms with Crippen LogP contribution in [-0.4, -0.2) is 31.1 Å². The van der Waals surface area contributed by atoms with Gasteiger partial charge in [0, 0.05) is 25.2 Å². The number of benzene rings is 2. The van der Waals surface area contributed by atoms with Crippen LogP contribution in [-0.2, 0) is 37.0 Å². The molecular weight excluding hydrogens is 537 g/mol. The zero-order chi connectivity index (χ0) is 29.1. The zero-order valence-corrected chi connectivity index (χ0v) is 22.4. The largest absolute Gasteiger partial charge is 0.487 e. The summed E-state index contributed by atoms with van der Waals surface area (Å²) in [6, 6.07) is 12.7. The van der Waals surface area contributed by atoms with E-state index in [9.17, 15) is 18.0 Å². The van der Waals surface area contributed by atoms with Gasteiger partial charge in [-0.2, -0.15) is 13.2 Å². The third-order valence-electron chi connectivity index (χ3n) is 6.30. The summed E-state index contributed by atoms with van der Waals surface area (Å²) in [5.74, 6) is 0.263. The monoisotopic (exact) mass is 568 g/mol. The van der Waals surface area contributed by atoms with Crippen molar-refractivity contribution in [2.45, 2.75) is 64.3 Å². The van der Waals surface area contributed by atoms with E-state index in [1.165, 1.54) is 24.0 Å². The van der Waals surface area contributed by atoms with E-state index in [2.05, 4.69) is 15.3 Å². The second-order valence-electron chi connectivity index (χ2n) is 9.59. The number of ether oxygens (including phenoxy) is 1. The molecule has 4 aromatic rings. The fourth-order valence-corrected chi connectivity index (χ4v) is 4.07. The molecule has 1 N–H and O–H groups in total. The minimum absolute atomic E-state index is 0.181. The van der Waals surface area contributed by atoms with Gasteiger partial charge in [-0.15, -0.1) is 5.10 Å². The number of carboxylic acids is 1. The normalized spacial score (nSPS) is 11.8. The summed E-state index contributed by atoms with van der Waals surface area (Å²) in [5, 5.41) is 17.0. The third-order valence-corrected chi connectivity index (χ3v) is 6.30. The van der Waals surface area contributed by atoms with Crippen LogP contribution in [0, 0.1) is 0 Å². The number of aromatic nitrogens is 4. The van der Waals surface area contributed by atoms with Gasteiger partial charge in [0.15, 0.2) is 0 Å². The number of hydrogen-bond acceptors (Lipinski definition) is 6. The van der Waals surface area contributed by atoms with E-state index < -0.39 is 17.7 Å². The number of unbranched alkanes of at least 4 members (excludes halogenated alkanes) is 2. The quantitative estimate of drug-likeness (QED) is 0.156. The second kappa shape index (κ2) is 14.3. The SMILES string of the molecule is O=C(O)CCCCc1cn(CCCCc2ccc(OCc3coc(C=Cc4ccc(C(F)(F)F)cc4)n3)cc2)nn1. The predicted octanol–water partition coefficient (Wildman–Crippen LogP) is 6.85. The van der Waals surface area contributed by atoms with Crippen molar-refractivity contribution < 1.29 is 32.2 Å². The highest BCUT2D eigenvalue weighted by atomic mass is 19.4. The summed E-state index contributed by atoms with van der Waals surface area (Å²) in [7, 11) is 0. The van der Waals surface area contributed by atoms with Crippen LogP contribution < -0.4 is 4.74 Å². The Bertz CT molecular complexity index is 1410. The van der Waals surface area contributed by atoms with Gasteiger partial charge in [0.1, 0.15) is 24.3 Å². The number of oxazole rings is 1. The van der Waals surface area contributed by atoms with Crippen molar-refractivity contribution in [3.05, 3.63) is 95.0 Å². The number of aryl methyl sites for hydroxylation is 3. The molecule has 41 heavy (non-hydrogen) atoms. The van der Waals surface area contributed by atoms with E-state index in [1.807, 2.05) is 35.1 Å². The van der Waals surface area contributed by atoms with Crippen molar-refractivity contribution in [2.75, 3.05) is 0 Å². The van der Waals surface area contributed by atoms with E-state index in [-0.39, 0.29) is 13.0 Å². The molecule has 0 aliphatic rings. The van der Waals surface area contributed by atoms with Gasteiger partial charge in [-0.25, -0.2) is 4.98 Å². The summed E-state index contributed by atoms with van der Waals surface area (Å²) in [5.41, 5.74) is 2.59. The van der Waals surface area contributed by atoms with E-state index in [0.29, 0.717) is 29.3 Å². The lowest BCUT2D eigenvalue weighted by molar-refractivity contribution is -0.138. The van der Waals surface area contributed by atoms with E-state index in [4.69, 9.17) is 14.3 Å². The first kappa shape index (κ1) is 29.6. The van der Waals surface area contributed by atoms with Gasteiger partial charge in [-0.3, -0.25) is 9.48 Å². The molecule has 8 nitrogen and oxygen atoms in total. The zero-order valence-electron chi connectivity index (χ0n) is 22.4. The van der Waals surface area contributed by atoms with Gasteiger partial charge in [-0.1, -0.05) is 29.5 Å². The lowest BCUT2D eigenvalue weighted by atomic mass is 10.1. The van der Waals surface area contributed by atoms with Crippen LogP contribution in [0.4, 0.5) is 13.2 Å². The molecule has 2 aromatic heterocycles. The van der Waals surface area contributed by atoms with Crippen LogP contribution in [0.3, 0.4) is 0 Å². The Balaban J connectivity index is 1.14. The highest BCUT2D eigenvalue weighted by Gasteiger charge is 2.29. The van der Waals surface area contributed by atoms with Crippen molar-refractivity contribution in [1.29, 1.82) is 0 Å². The van der Waals surface area contributed by atoms with Crippen molar-refractivity contribution in [2.24, 2.45) is 0 Å². The Labute approximate surface area is 235 Å². The standard InChI is InChI=1S/C30H31F3N4O4/c31-30(32,33)24-13-8-23(9-14-24)12-17-28-34-26(21-41-28)20-40-27-15-10-22(11-16-27)5-3-4-18-37-19-25(35-36-37)6-1-2-7-29(38)39/h8-17,19,21H,1-7,18,20H2,(H,38,39). The first-order valence-corrected chi connectivity index (χ1v) is 13.4. The summed E-state index contributed by atoms with van der Waals surface area (Å²) >= 11 is 0. The number of hydrogen-bond donors (Lipinski definition) is 1. The number of aliphatic carboxylic acids is 1. The molecule has 2 aromatic carbocycles. The Morgan fingerprint density at radius 1 is 0.951 bits per heavy atom. The van der Waals surface area contributed by atoms with Crippen LogP contribution in [0.1, 0.15) is 66.1 Å². The van der Waals surface area contributed by atoms with E-state index >= 15 is 0 Å². The first-order chi connectivity index (χ1) is 19.7. The molecule has 0 radical (unpaired) electrons. The van der Waals surface area contributed by atoms with Gasteiger partial charge < -0.3 is 14.3 Å². The number of nitrogens with zero attached hydrogens (tertiary/aromatic N) is 4. The van der Waals surface area contributed by atoms with Gasteiger partial charge in [0.2, 0.25) is 5.89 Å². The second-order valence-corrected chi connectivity index (χ2v) is 9.59. The molecule has 0 amide bonds. The molecule has 0 aliphatic heterocycles. The van der Waals surface area contributed by atoms with Gasteiger partial charge >= 0.3 is 12.1 Å². The number of carbonyl (C=O) groups is 1. The van der Waals surface area contributed by atoms with Crippen molar-refractivity contribution in [3.8, 4) is 5.75 Å². The van der Waals surface area contributed by atoms with Crippen LogP contribution in [0.2, 0.25) is 0 Å². The van der Waals surface area contributed by atoms with Gasteiger partial charge in [0.25, 0.3) is 0 Å². The smallest absolute Gasteiger partial charge is 0.416 e. The minimum Gasteiger partial charge on any atom is -0.487 e. The Morgan fingerprint density at radius 2 is 1.71 bits per heavy atom. The van der Waals surface area contributed by atoms with Crippen LogP contribution >= 0.6 is 0 Å². The van der Waals surface area contributed by atoms with Crippen LogP contribution in [0.15, 0.2) is 65.4 Å². The predicted molar refractivity (Wildman–Crippen MR) is 146 cm³/mol. The number of rotatable bonds is 15. The van der Waals surface area contributed by atoms with Crippen LogP contribution in [0.25, 0.3) is 12.2 Å². The highest BCUT2D eigenvalue weighted by molar-refractivity contribution is 5.66. The van der Waals surface area contributed by atoms with Crippen molar-refractivity contribution in [1.82, 2.24) is 20.0 Å². The fraction of sp³-hybridized carbons (Fsp3) is 0.333. The van der Waals surface area contributed by atoms with Crippen LogP contribution in [0.5, 0.6) is 5.75 Å². The molecule has 0 atom stereocenters. The molecule has 11 heteroatoms.